The Bertz CT molecular complexity index is 1280. The molecule has 9 nitrogen and oxygen atoms in total. The van der Waals surface area contributed by atoms with Crippen molar-refractivity contribution >= 4 is 28.5 Å². The average molecular weight is 409 g/mol. The fourth-order valence-electron chi connectivity index (χ4n) is 2.96. The Hall–Kier alpha value is -3.75. The number of benzene rings is 1. The van der Waals surface area contributed by atoms with Crippen molar-refractivity contribution in [3.8, 4) is 0 Å². The van der Waals surface area contributed by atoms with Crippen molar-refractivity contribution in [1.29, 1.82) is 0 Å². The maximum atomic E-state index is 12.8. The lowest BCUT2D eigenvalue weighted by Gasteiger charge is -2.21. The number of anilines is 1. The van der Waals surface area contributed by atoms with Gasteiger partial charge < -0.3 is 10.6 Å². The first kappa shape index (κ1) is 21.0. The highest BCUT2D eigenvalue weighted by atomic mass is 16.2. The number of para-hydroxylation sites is 1. The minimum Gasteiger partial charge on any atom is -0.347 e. The number of pyridine rings is 1. The molecule has 0 fully saturated rings. The van der Waals surface area contributed by atoms with E-state index in [1.165, 1.54) is 30.8 Å². The number of amides is 2. The summed E-state index contributed by atoms with van der Waals surface area (Å²) in [6.07, 6.45) is 0. The third-order valence-corrected chi connectivity index (χ3v) is 4.44. The number of fused-ring (bicyclic) bond motifs is 1. The SMILES string of the molecule is Cn1c(=O)c2ccc(C(=O)Nc3ccccc3C(=O)NC(C)(C)C)nc2n(C)c1=O. The Kier molecular flexibility index (Phi) is 5.30. The van der Waals surface area contributed by atoms with Gasteiger partial charge in [-0.3, -0.25) is 23.5 Å². The highest BCUT2D eigenvalue weighted by Gasteiger charge is 2.20. The van der Waals surface area contributed by atoms with Crippen LogP contribution in [-0.4, -0.2) is 31.5 Å². The van der Waals surface area contributed by atoms with Crippen molar-refractivity contribution < 1.29 is 9.59 Å². The Labute approximate surface area is 172 Å². The minimum absolute atomic E-state index is 0.0109. The molecule has 0 spiro atoms. The average Bonchev–Trinajstić information content (AvgIpc) is 2.69. The number of aryl methyl sites for hydroxylation is 1. The van der Waals surface area contributed by atoms with E-state index in [9.17, 15) is 19.2 Å². The molecule has 1 aromatic carbocycles. The van der Waals surface area contributed by atoms with Crippen LogP contribution in [0, 0.1) is 0 Å². The van der Waals surface area contributed by atoms with Crippen molar-refractivity contribution in [2.75, 3.05) is 5.32 Å². The first-order valence-corrected chi connectivity index (χ1v) is 9.29. The number of carbonyl (C=O) groups is 2. The van der Waals surface area contributed by atoms with Gasteiger partial charge in [0.05, 0.1) is 16.6 Å². The second kappa shape index (κ2) is 7.58. The van der Waals surface area contributed by atoms with Gasteiger partial charge in [0.25, 0.3) is 17.4 Å². The summed E-state index contributed by atoms with van der Waals surface area (Å²) in [7, 11) is 2.86. The van der Waals surface area contributed by atoms with E-state index in [-0.39, 0.29) is 22.6 Å². The molecule has 156 valence electrons. The molecule has 2 heterocycles. The summed E-state index contributed by atoms with van der Waals surface area (Å²) in [6.45, 7) is 5.58. The number of hydrogen-bond donors (Lipinski definition) is 2. The molecule has 0 aliphatic heterocycles. The maximum Gasteiger partial charge on any atom is 0.332 e. The van der Waals surface area contributed by atoms with Crippen molar-refractivity contribution in [2.45, 2.75) is 26.3 Å². The second-order valence-corrected chi connectivity index (χ2v) is 7.98. The zero-order valence-electron chi connectivity index (χ0n) is 17.4. The van der Waals surface area contributed by atoms with E-state index in [2.05, 4.69) is 15.6 Å². The van der Waals surface area contributed by atoms with Crippen LogP contribution in [-0.2, 0) is 14.1 Å². The number of rotatable bonds is 3. The molecule has 0 bridgehead atoms. The Morgan fingerprint density at radius 1 is 0.933 bits per heavy atom. The Morgan fingerprint density at radius 2 is 1.60 bits per heavy atom. The van der Waals surface area contributed by atoms with Crippen LogP contribution in [0.3, 0.4) is 0 Å². The maximum absolute atomic E-state index is 12.8. The second-order valence-electron chi connectivity index (χ2n) is 7.98. The van der Waals surface area contributed by atoms with E-state index in [1.807, 2.05) is 20.8 Å². The molecule has 3 aromatic rings. The van der Waals surface area contributed by atoms with E-state index in [4.69, 9.17) is 0 Å². The monoisotopic (exact) mass is 409 g/mol. The molecule has 0 unspecified atom stereocenters. The van der Waals surface area contributed by atoms with Gasteiger partial charge >= 0.3 is 5.69 Å². The lowest BCUT2D eigenvalue weighted by atomic mass is 10.1. The first-order valence-electron chi connectivity index (χ1n) is 9.29. The predicted octanol–water partition coefficient (Wildman–Crippen LogP) is 1.41. The van der Waals surface area contributed by atoms with Gasteiger partial charge in [-0.15, -0.1) is 0 Å². The molecule has 3 rings (SSSR count). The molecule has 0 radical (unpaired) electrons. The molecule has 9 heteroatoms. The standard InChI is InChI=1S/C21H23N5O4/c1-21(2,3)24-17(27)12-8-6-7-9-14(12)23-18(28)15-11-10-13-16(22-15)25(4)20(30)26(5)19(13)29/h6-11H,1-5H3,(H,23,28)(H,24,27). The van der Waals surface area contributed by atoms with Gasteiger partial charge in [-0.1, -0.05) is 12.1 Å². The summed E-state index contributed by atoms with van der Waals surface area (Å²) >= 11 is 0. The van der Waals surface area contributed by atoms with Crippen LogP contribution in [0.2, 0.25) is 0 Å². The van der Waals surface area contributed by atoms with E-state index < -0.39 is 22.7 Å². The molecule has 2 amide bonds. The molecule has 0 aliphatic rings. The number of nitrogens with one attached hydrogen (secondary N) is 2. The number of aromatic nitrogens is 3. The topological polar surface area (TPSA) is 115 Å². The van der Waals surface area contributed by atoms with Crippen LogP contribution in [0.5, 0.6) is 0 Å². The summed E-state index contributed by atoms with van der Waals surface area (Å²) in [5, 5.41) is 5.77. The first-order chi connectivity index (χ1) is 14.0. The van der Waals surface area contributed by atoms with Gasteiger partial charge in [-0.05, 0) is 45.0 Å². The molecule has 2 aromatic heterocycles. The van der Waals surface area contributed by atoms with E-state index in [0.29, 0.717) is 11.3 Å². The molecule has 0 aliphatic carbocycles. The van der Waals surface area contributed by atoms with E-state index in [0.717, 1.165) is 4.57 Å². The smallest absolute Gasteiger partial charge is 0.332 e. The Morgan fingerprint density at radius 3 is 2.27 bits per heavy atom. The number of carbonyl (C=O) groups excluding carboxylic acids is 2. The highest BCUT2D eigenvalue weighted by Crippen LogP contribution is 2.17. The lowest BCUT2D eigenvalue weighted by Crippen LogP contribution is -2.40. The van der Waals surface area contributed by atoms with Gasteiger partial charge in [0, 0.05) is 19.6 Å². The van der Waals surface area contributed by atoms with Crippen molar-refractivity contribution in [2.24, 2.45) is 14.1 Å². The molecule has 0 atom stereocenters. The number of hydrogen-bond acceptors (Lipinski definition) is 5. The van der Waals surface area contributed by atoms with Gasteiger partial charge in [0.2, 0.25) is 0 Å². The van der Waals surface area contributed by atoms with Gasteiger partial charge in [0.15, 0.2) is 0 Å². The molecule has 0 saturated carbocycles. The van der Waals surface area contributed by atoms with Crippen LogP contribution in [0.25, 0.3) is 11.0 Å². The van der Waals surface area contributed by atoms with Crippen LogP contribution in [0.1, 0.15) is 41.6 Å². The Balaban J connectivity index is 1.98. The summed E-state index contributed by atoms with van der Waals surface area (Å²) in [6, 6.07) is 9.48. The zero-order valence-corrected chi connectivity index (χ0v) is 17.4. The summed E-state index contributed by atoms with van der Waals surface area (Å²) < 4.78 is 2.19. The fourth-order valence-corrected chi connectivity index (χ4v) is 2.96. The van der Waals surface area contributed by atoms with Crippen molar-refractivity contribution in [3.63, 3.8) is 0 Å². The van der Waals surface area contributed by atoms with E-state index in [1.54, 1.807) is 24.3 Å². The van der Waals surface area contributed by atoms with Gasteiger partial charge in [0.1, 0.15) is 11.3 Å². The van der Waals surface area contributed by atoms with Crippen LogP contribution < -0.4 is 21.9 Å². The molecular weight excluding hydrogens is 386 g/mol. The molecule has 2 N–H and O–H groups in total. The third kappa shape index (κ3) is 4.00. The van der Waals surface area contributed by atoms with Crippen LogP contribution >= 0.6 is 0 Å². The lowest BCUT2D eigenvalue weighted by molar-refractivity contribution is 0.0920. The minimum atomic E-state index is -0.568. The fraction of sp³-hybridized carbons (Fsp3) is 0.286. The molecule has 30 heavy (non-hydrogen) atoms. The van der Waals surface area contributed by atoms with Crippen molar-refractivity contribution in [3.05, 3.63) is 68.5 Å². The zero-order chi connectivity index (χ0) is 22.2. The summed E-state index contributed by atoms with van der Waals surface area (Å²) in [4.78, 5) is 54.0. The largest absolute Gasteiger partial charge is 0.347 e. The quantitative estimate of drug-likeness (QED) is 0.679. The van der Waals surface area contributed by atoms with Gasteiger partial charge in [-0.2, -0.15) is 0 Å². The van der Waals surface area contributed by atoms with Crippen LogP contribution in [0.4, 0.5) is 5.69 Å². The van der Waals surface area contributed by atoms with Crippen LogP contribution in [0.15, 0.2) is 46.0 Å². The predicted molar refractivity (Wildman–Crippen MR) is 114 cm³/mol. The third-order valence-electron chi connectivity index (χ3n) is 4.44. The molecular formula is C21H23N5O4. The number of nitrogens with zero attached hydrogens (tertiary/aromatic N) is 3. The van der Waals surface area contributed by atoms with Gasteiger partial charge in [-0.25, -0.2) is 9.78 Å². The highest BCUT2D eigenvalue weighted by molar-refractivity contribution is 6.08. The molecule has 0 saturated heterocycles. The normalized spacial score (nSPS) is 11.4. The van der Waals surface area contributed by atoms with E-state index >= 15 is 0 Å². The summed E-state index contributed by atoms with van der Waals surface area (Å²) in [5.41, 5.74) is -0.720. The summed E-state index contributed by atoms with van der Waals surface area (Å²) in [5.74, 6) is -0.892. The van der Waals surface area contributed by atoms with Crippen molar-refractivity contribution in [1.82, 2.24) is 19.4 Å².